The predicted octanol–water partition coefficient (Wildman–Crippen LogP) is 4.74. The van der Waals surface area contributed by atoms with Crippen molar-refractivity contribution in [3.05, 3.63) is 60.1 Å². The SMILES string of the molecule is CO[C@H](C)CN1CCC(n2ncc(-c3cc(Sc4ncccc4F)c4c(C#N)cnn4c3)c2C)CC1. The summed E-state index contributed by atoms with van der Waals surface area (Å²) in [4.78, 5) is 7.34. The number of likely N-dealkylation sites (tertiary alicyclic amines) is 1. The minimum atomic E-state index is -0.403. The van der Waals surface area contributed by atoms with Gasteiger partial charge >= 0.3 is 0 Å². The summed E-state index contributed by atoms with van der Waals surface area (Å²) >= 11 is 1.19. The number of nitrogens with zero attached hydrogens (tertiary/aromatic N) is 7. The molecule has 5 rings (SSSR count). The van der Waals surface area contributed by atoms with Gasteiger partial charge in [0.25, 0.3) is 0 Å². The number of rotatable bonds is 7. The number of hydrogen-bond donors (Lipinski definition) is 0. The van der Waals surface area contributed by atoms with Crippen LogP contribution in [0, 0.1) is 24.1 Å². The van der Waals surface area contributed by atoms with Crippen molar-refractivity contribution in [2.75, 3.05) is 26.7 Å². The number of piperidine rings is 1. The molecule has 0 unspecified atom stereocenters. The quantitative estimate of drug-likeness (QED) is 0.359. The topological polar surface area (TPSA) is 84.3 Å². The first-order valence-corrected chi connectivity index (χ1v) is 12.8. The van der Waals surface area contributed by atoms with Gasteiger partial charge in [0.2, 0.25) is 0 Å². The summed E-state index contributed by atoms with van der Waals surface area (Å²) in [7, 11) is 1.75. The van der Waals surface area contributed by atoms with Crippen LogP contribution < -0.4 is 0 Å². The molecule has 8 nitrogen and oxygen atoms in total. The molecule has 1 saturated heterocycles. The van der Waals surface area contributed by atoms with Gasteiger partial charge in [-0.1, -0.05) is 11.8 Å². The number of ether oxygens (including phenoxy) is 1. The first-order chi connectivity index (χ1) is 17.5. The zero-order valence-corrected chi connectivity index (χ0v) is 21.4. The van der Waals surface area contributed by atoms with Crippen molar-refractivity contribution in [3.63, 3.8) is 0 Å². The third kappa shape index (κ3) is 4.74. The van der Waals surface area contributed by atoms with Gasteiger partial charge in [0.1, 0.15) is 11.1 Å². The molecule has 0 saturated carbocycles. The Morgan fingerprint density at radius 2 is 2.08 bits per heavy atom. The Labute approximate surface area is 213 Å². The van der Waals surface area contributed by atoms with Crippen LogP contribution in [0.5, 0.6) is 0 Å². The number of halogens is 1. The fourth-order valence-corrected chi connectivity index (χ4v) is 5.77. The molecule has 4 aromatic heterocycles. The van der Waals surface area contributed by atoms with E-state index in [1.807, 2.05) is 18.5 Å². The van der Waals surface area contributed by atoms with Crippen LogP contribution >= 0.6 is 11.8 Å². The summed E-state index contributed by atoms with van der Waals surface area (Å²) in [6.07, 6.45) is 9.17. The second-order valence-corrected chi connectivity index (χ2v) is 10.1. The van der Waals surface area contributed by atoms with E-state index in [4.69, 9.17) is 9.84 Å². The van der Waals surface area contributed by atoms with E-state index < -0.39 is 5.82 Å². The Bertz CT molecular complexity index is 1420. The van der Waals surface area contributed by atoms with Crippen molar-refractivity contribution >= 4 is 17.3 Å². The third-order valence-corrected chi connectivity index (χ3v) is 7.83. The Balaban J connectivity index is 1.45. The molecule has 0 aliphatic carbocycles. The van der Waals surface area contributed by atoms with Gasteiger partial charge in [-0.2, -0.15) is 15.5 Å². The zero-order valence-electron chi connectivity index (χ0n) is 20.6. The number of fused-ring (bicyclic) bond motifs is 1. The van der Waals surface area contributed by atoms with Crippen LogP contribution in [-0.4, -0.2) is 62.1 Å². The molecular weight excluding hydrogens is 477 g/mol. The first-order valence-electron chi connectivity index (χ1n) is 12.0. The third-order valence-electron chi connectivity index (χ3n) is 6.80. The first kappa shape index (κ1) is 24.4. The molecule has 10 heteroatoms. The molecule has 36 heavy (non-hydrogen) atoms. The van der Waals surface area contributed by atoms with E-state index in [2.05, 4.69) is 39.6 Å². The highest BCUT2D eigenvalue weighted by molar-refractivity contribution is 7.99. The molecule has 0 N–H and O–H groups in total. The highest BCUT2D eigenvalue weighted by Crippen LogP contribution is 2.37. The predicted molar refractivity (Wildman–Crippen MR) is 135 cm³/mol. The highest BCUT2D eigenvalue weighted by atomic mass is 32.2. The lowest BCUT2D eigenvalue weighted by molar-refractivity contribution is 0.0624. The molecule has 0 radical (unpaired) electrons. The van der Waals surface area contributed by atoms with Crippen LogP contribution in [0.15, 0.2) is 52.9 Å². The zero-order chi connectivity index (χ0) is 25.2. The van der Waals surface area contributed by atoms with E-state index >= 15 is 0 Å². The van der Waals surface area contributed by atoms with Crippen molar-refractivity contribution < 1.29 is 9.13 Å². The molecule has 0 amide bonds. The Morgan fingerprint density at radius 1 is 1.28 bits per heavy atom. The van der Waals surface area contributed by atoms with Crippen LogP contribution in [0.2, 0.25) is 0 Å². The molecule has 1 atom stereocenters. The molecule has 1 aliphatic rings. The lowest BCUT2D eigenvalue weighted by Crippen LogP contribution is -2.39. The number of methoxy groups -OCH3 is 1. The largest absolute Gasteiger partial charge is 0.380 e. The number of hydrogen-bond acceptors (Lipinski definition) is 7. The standard InChI is InChI=1S/C26H28FN7OS/c1-17(35-3)15-32-9-6-21(7-10-32)34-18(2)22(14-31-34)19-11-24(36-26-23(27)5-4-8-29-26)25-20(12-28)13-30-33(25)16-19/h4-5,8,11,13-14,16-17,21H,6-7,9-10,15H2,1-3H3/t17-/m1/s1. The normalized spacial score (nSPS) is 15.9. The maximum Gasteiger partial charge on any atom is 0.155 e. The minimum Gasteiger partial charge on any atom is -0.380 e. The van der Waals surface area contributed by atoms with E-state index in [9.17, 15) is 9.65 Å². The highest BCUT2D eigenvalue weighted by Gasteiger charge is 2.25. The van der Waals surface area contributed by atoms with E-state index in [-0.39, 0.29) is 11.1 Å². The van der Waals surface area contributed by atoms with Gasteiger partial charge in [-0.3, -0.25) is 4.68 Å². The van der Waals surface area contributed by atoms with E-state index in [1.54, 1.807) is 23.9 Å². The molecule has 5 heterocycles. The van der Waals surface area contributed by atoms with Gasteiger partial charge < -0.3 is 9.64 Å². The number of pyridine rings is 2. The lowest BCUT2D eigenvalue weighted by atomic mass is 10.0. The van der Waals surface area contributed by atoms with Gasteiger partial charge in [0.15, 0.2) is 5.82 Å². The smallest absolute Gasteiger partial charge is 0.155 e. The average molecular weight is 506 g/mol. The van der Waals surface area contributed by atoms with Crippen molar-refractivity contribution in [1.82, 2.24) is 29.3 Å². The van der Waals surface area contributed by atoms with Gasteiger partial charge in [-0.15, -0.1) is 0 Å². The van der Waals surface area contributed by atoms with E-state index in [0.717, 1.165) is 49.3 Å². The van der Waals surface area contributed by atoms with Gasteiger partial charge in [0.05, 0.1) is 35.6 Å². The average Bonchev–Trinajstić information content (AvgIpc) is 3.49. The van der Waals surface area contributed by atoms with Crippen molar-refractivity contribution in [1.29, 1.82) is 5.26 Å². The summed E-state index contributed by atoms with van der Waals surface area (Å²) in [5.74, 6) is -0.403. The fourth-order valence-electron chi connectivity index (χ4n) is 4.80. The molecule has 0 spiro atoms. The van der Waals surface area contributed by atoms with Gasteiger partial charge in [-0.25, -0.2) is 13.9 Å². The molecular formula is C26H28FN7OS. The van der Waals surface area contributed by atoms with Crippen LogP contribution in [0.4, 0.5) is 4.39 Å². The van der Waals surface area contributed by atoms with Crippen LogP contribution in [0.3, 0.4) is 0 Å². The monoisotopic (exact) mass is 505 g/mol. The molecule has 0 bridgehead atoms. The fraction of sp³-hybridized carbons (Fsp3) is 0.385. The van der Waals surface area contributed by atoms with Crippen molar-refractivity contribution in [2.45, 2.75) is 48.8 Å². The molecule has 1 aliphatic heterocycles. The molecule has 4 aromatic rings. The van der Waals surface area contributed by atoms with Crippen LogP contribution in [-0.2, 0) is 4.74 Å². The maximum absolute atomic E-state index is 14.4. The van der Waals surface area contributed by atoms with Crippen molar-refractivity contribution in [3.8, 4) is 17.2 Å². The van der Waals surface area contributed by atoms with Crippen LogP contribution in [0.25, 0.3) is 16.6 Å². The second-order valence-electron chi connectivity index (χ2n) is 9.12. The van der Waals surface area contributed by atoms with E-state index in [1.165, 1.54) is 24.0 Å². The summed E-state index contributed by atoms with van der Waals surface area (Å²) in [5, 5.41) is 19.0. The molecule has 186 valence electrons. The van der Waals surface area contributed by atoms with E-state index in [0.29, 0.717) is 22.0 Å². The van der Waals surface area contributed by atoms with Crippen LogP contribution in [0.1, 0.15) is 37.1 Å². The lowest BCUT2D eigenvalue weighted by Gasteiger charge is -2.33. The van der Waals surface area contributed by atoms with Crippen molar-refractivity contribution in [2.24, 2.45) is 0 Å². The Morgan fingerprint density at radius 3 is 2.81 bits per heavy atom. The number of nitriles is 1. The Hall–Kier alpha value is -3.26. The Kier molecular flexibility index (Phi) is 7.05. The molecule has 1 fully saturated rings. The summed E-state index contributed by atoms with van der Waals surface area (Å²) < 4.78 is 23.6. The minimum absolute atomic E-state index is 0.227. The summed E-state index contributed by atoms with van der Waals surface area (Å²) in [5.41, 5.74) is 4.04. The van der Waals surface area contributed by atoms with Gasteiger partial charge in [-0.05, 0) is 44.9 Å². The number of aromatic nitrogens is 5. The molecule has 0 aromatic carbocycles. The van der Waals surface area contributed by atoms with Gasteiger partial charge in [0, 0.05) is 60.9 Å². The summed E-state index contributed by atoms with van der Waals surface area (Å²) in [6.45, 7) is 7.15. The second kappa shape index (κ2) is 10.4. The maximum atomic E-state index is 14.4. The summed E-state index contributed by atoms with van der Waals surface area (Å²) in [6, 6.07) is 7.44.